The molecule has 1 aliphatic heterocycles. The molecule has 3 rings (SSSR count). The molecule has 1 aliphatic rings. The topological polar surface area (TPSA) is 21.7 Å². The van der Waals surface area contributed by atoms with Gasteiger partial charge in [0.25, 0.3) is 0 Å². The van der Waals surface area contributed by atoms with E-state index in [0.717, 1.165) is 31.1 Å². The minimum atomic E-state index is -0.0756. The number of benzene rings is 2. The predicted octanol–water partition coefficient (Wildman–Crippen LogP) is 3.35. The highest BCUT2D eigenvalue weighted by Gasteiger charge is 2.40. The molecule has 2 aromatic rings. The highest BCUT2D eigenvalue weighted by Crippen LogP contribution is 2.28. The van der Waals surface area contributed by atoms with Crippen LogP contribution in [-0.4, -0.2) is 30.7 Å². The summed E-state index contributed by atoms with van der Waals surface area (Å²) in [6.45, 7) is 5.03. The molecule has 0 atom stereocenters. The van der Waals surface area contributed by atoms with Crippen LogP contribution in [0.1, 0.15) is 12.5 Å². The lowest BCUT2D eigenvalue weighted by Gasteiger charge is -2.47. The highest BCUT2D eigenvalue weighted by atomic mass is 16.5. The maximum absolute atomic E-state index is 6.08. The van der Waals surface area contributed by atoms with Crippen LogP contribution in [0.5, 0.6) is 11.5 Å². The van der Waals surface area contributed by atoms with E-state index in [0.29, 0.717) is 0 Å². The van der Waals surface area contributed by atoms with Gasteiger partial charge >= 0.3 is 0 Å². The Morgan fingerprint density at radius 1 is 0.952 bits per heavy atom. The maximum Gasteiger partial charge on any atom is 0.131 e. The second kappa shape index (κ2) is 5.78. The van der Waals surface area contributed by atoms with Crippen molar-refractivity contribution in [1.29, 1.82) is 0 Å². The predicted molar refractivity (Wildman–Crippen MR) is 83.7 cm³/mol. The quantitative estimate of drug-likeness (QED) is 0.840. The summed E-state index contributed by atoms with van der Waals surface area (Å²) < 4.78 is 11.3. The Morgan fingerprint density at radius 3 is 2.24 bits per heavy atom. The number of nitrogens with zero attached hydrogens (tertiary/aromatic N) is 1. The van der Waals surface area contributed by atoms with Crippen LogP contribution in [-0.2, 0) is 6.54 Å². The zero-order valence-corrected chi connectivity index (χ0v) is 12.6. The van der Waals surface area contributed by atoms with E-state index in [1.54, 1.807) is 7.11 Å². The van der Waals surface area contributed by atoms with Crippen LogP contribution in [0, 0.1) is 0 Å². The molecule has 3 heteroatoms. The number of para-hydroxylation sites is 1. The van der Waals surface area contributed by atoms with Crippen LogP contribution in [0.15, 0.2) is 54.6 Å². The van der Waals surface area contributed by atoms with Crippen LogP contribution >= 0.6 is 0 Å². The molecule has 3 nitrogen and oxygen atoms in total. The summed E-state index contributed by atoms with van der Waals surface area (Å²) in [5, 5.41) is 0. The Labute approximate surface area is 126 Å². The summed E-state index contributed by atoms with van der Waals surface area (Å²) in [5.41, 5.74) is 1.23. The standard InChI is InChI=1S/C18H21NO2/c1-18(21-17-6-4-3-5-7-17)13-19(14-18)12-15-8-10-16(20-2)11-9-15/h3-11H,12-14H2,1-2H3. The zero-order valence-electron chi connectivity index (χ0n) is 12.6. The van der Waals surface area contributed by atoms with Gasteiger partial charge in [-0.3, -0.25) is 4.90 Å². The van der Waals surface area contributed by atoms with E-state index < -0.39 is 0 Å². The third-order valence-electron chi connectivity index (χ3n) is 3.79. The molecule has 0 amide bonds. The van der Waals surface area contributed by atoms with E-state index in [2.05, 4.69) is 24.0 Å². The van der Waals surface area contributed by atoms with E-state index in [1.165, 1.54) is 5.56 Å². The molecule has 0 bridgehead atoms. The lowest BCUT2D eigenvalue weighted by atomic mass is 9.95. The molecule has 1 heterocycles. The van der Waals surface area contributed by atoms with Crippen LogP contribution in [0.25, 0.3) is 0 Å². The normalized spacial score (nSPS) is 17.0. The van der Waals surface area contributed by atoms with Gasteiger partial charge in [-0.15, -0.1) is 0 Å². The van der Waals surface area contributed by atoms with Crippen molar-refractivity contribution in [3.63, 3.8) is 0 Å². The van der Waals surface area contributed by atoms with Gasteiger partial charge < -0.3 is 9.47 Å². The van der Waals surface area contributed by atoms with Crippen molar-refractivity contribution in [2.45, 2.75) is 19.1 Å². The van der Waals surface area contributed by atoms with Crippen LogP contribution < -0.4 is 9.47 Å². The number of hydrogen-bond acceptors (Lipinski definition) is 3. The fourth-order valence-electron chi connectivity index (χ4n) is 2.84. The third-order valence-corrected chi connectivity index (χ3v) is 3.79. The molecule has 0 unspecified atom stereocenters. The Morgan fingerprint density at radius 2 is 1.62 bits per heavy atom. The van der Waals surface area contributed by atoms with E-state index in [1.807, 2.05) is 42.5 Å². The molecule has 2 aromatic carbocycles. The lowest BCUT2D eigenvalue weighted by Crippen LogP contribution is -2.62. The van der Waals surface area contributed by atoms with E-state index in [-0.39, 0.29) is 5.60 Å². The Balaban J connectivity index is 1.52. The Hall–Kier alpha value is -2.00. The largest absolute Gasteiger partial charge is 0.497 e. The van der Waals surface area contributed by atoms with Crippen molar-refractivity contribution >= 4 is 0 Å². The van der Waals surface area contributed by atoms with Gasteiger partial charge in [-0.25, -0.2) is 0 Å². The van der Waals surface area contributed by atoms with Gasteiger partial charge in [-0.2, -0.15) is 0 Å². The molecule has 0 aliphatic carbocycles. The molecule has 1 saturated heterocycles. The van der Waals surface area contributed by atoms with Gasteiger partial charge in [-0.05, 0) is 36.8 Å². The summed E-state index contributed by atoms with van der Waals surface area (Å²) in [7, 11) is 1.69. The van der Waals surface area contributed by atoms with Crippen molar-refractivity contribution in [2.24, 2.45) is 0 Å². The van der Waals surface area contributed by atoms with Crippen molar-refractivity contribution in [3.8, 4) is 11.5 Å². The highest BCUT2D eigenvalue weighted by molar-refractivity contribution is 5.27. The summed E-state index contributed by atoms with van der Waals surface area (Å²) in [5.74, 6) is 1.85. The summed E-state index contributed by atoms with van der Waals surface area (Å²) in [4.78, 5) is 2.39. The number of rotatable bonds is 5. The number of likely N-dealkylation sites (tertiary alicyclic amines) is 1. The molecule has 110 valence electrons. The van der Waals surface area contributed by atoms with E-state index in [4.69, 9.17) is 9.47 Å². The van der Waals surface area contributed by atoms with E-state index >= 15 is 0 Å². The number of methoxy groups -OCH3 is 1. The smallest absolute Gasteiger partial charge is 0.131 e. The van der Waals surface area contributed by atoms with Crippen molar-refractivity contribution in [3.05, 3.63) is 60.2 Å². The SMILES string of the molecule is COc1ccc(CN2CC(C)(Oc3ccccc3)C2)cc1. The van der Waals surface area contributed by atoms with Crippen molar-refractivity contribution in [1.82, 2.24) is 4.90 Å². The fourth-order valence-corrected chi connectivity index (χ4v) is 2.84. The lowest BCUT2D eigenvalue weighted by molar-refractivity contribution is -0.0675. The molecule has 0 radical (unpaired) electrons. The maximum atomic E-state index is 6.08. The Bertz CT molecular complexity index is 574. The molecule has 21 heavy (non-hydrogen) atoms. The average molecular weight is 283 g/mol. The first-order chi connectivity index (χ1) is 10.2. The first-order valence-corrected chi connectivity index (χ1v) is 7.26. The van der Waals surface area contributed by atoms with Gasteiger partial charge in [0.2, 0.25) is 0 Å². The number of hydrogen-bond donors (Lipinski definition) is 0. The van der Waals surface area contributed by atoms with Crippen molar-refractivity contribution in [2.75, 3.05) is 20.2 Å². The van der Waals surface area contributed by atoms with Crippen LogP contribution in [0.3, 0.4) is 0 Å². The van der Waals surface area contributed by atoms with Gasteiger partial charge in [0.05, 0.1) is 7.11 Å². The Kier molecular flexibility index (Phi) is 3.84. The minimum Gasteiger partial charge on any atom is -0.497 e. The average Bonchev–Trinajstić information content (AvgIpc) is 2.47. The van der Waals surface area contributed by atoms with Gasteiger partial charge in [0.1, 0.15) is 17.1 Å². The summed E-state index contributed by atoms with van der Waals surface area (Å²) >= 11 is 0. The monoisotopic (exact) mass is 283 g/mol. The first kappa shape index (κ1) is 14.0. The van der Waals surface area contributed by atoms with Gasteiger partial charge in [0, 0.05) is 19.6 Å². The van der Waals surface area contributed by atoms with Gasteiger partial charge in [0.15, 0.2) is 0 Å². The molecular formula is C18H21NO2. The molecule has 0 N–H and O–H groups in total. The van der Waals surface area contributed by atoms with Crippen LogP contribution in [0.4, 0.5) is 0 Å². The van der Waals surface area contributed by atoms with Crippen LogP contribution in [0.2, 0.25) is 0 Å². The second-order valence-corrected chi connectivity index (χ2v) is 5.86. The van der Waals surface area contributed by atoms with E-state index in [9.17, 15) is 0 Å². The first-order valence-electron chi connectivity index (χ1n) is 7.26. The summed E-state index contributed by atoms with van der Waals surface area (Å²) in [6.07, 6.45) is 0. The fraction of sp³-hybridized carbons (Fsp3) is 0.333. The molecule has 0 spiro atoms. The van der Waals surface area contributed by atoms with Crippen molar-refractivity contribution < 1.29 is 9.47 Å². The minimum absolute atomic E-state index is 0.0756. The third kappa shape index (κ3) is 3.37. The molecular weight excluding hydrogens is 262 g/mol. The summed E-state index contributed by atoms with van der Waals surface area (Å²) in [6, 6.07) is 18.3. The number of ether oxygens (including phenoxy) is 2. The molecule has 1 fully saturated rings. The van der Waals surface area contributed by atoms with Gasteiger partial charge in [-0.1, -0.05) is 30.3 Å². The molecule has 0 saturated carbocycles. The zero-order chi connectivity index (χ0) is 14.7. The second-order valence-electron chi connectivity index (χ2n) is 5.86. The molecule has 0 aromatic heterocycles.